The summed E-state index contributed by atoms with van der Waals surface area (Å²) < 4.78 is 56.2. The van der Waals surface area contributed by atoms with Gasteiger partial charge in [-0.15, -0.1) is 0 Å². The summed E-state index contributed by atoms with van der Waals surface area (Å²) >= 11 is 0. The average molecular weight is 765 g/mol. The molecule has 1 aromatic carbocycles. The molecular formula is C35H38F2N10O8. The first kappa shape index (κ1) is 40.3. The second kappa shape index (κ2) is 15.5. The topological polar surface area (TPSA) is 275 Å². The lowest BCUT2D eigenvalue weighted by Crippen LogP contribution is -2.50. The zero-order valence-electron chi connectivity index (χ0n) is 29.9. The number of aromatic nitrogens is 6. The Hall–Kier alpha value is -5.87. The zero-order chi connectivity index (χ0) is 40.3. The number of nitrogen functional groups attached to an aromatic ring is 2. The number of fused-ring (bicyclic) bond motifs is 2. The van der Waals surface area contributed by atoms with Crippen LogP contribution < -0.4 is 11.5 Å². The lowest BCUT2D eigenvalue weighted by molar-refractivity contribution is -0.0762. The van der Waals surface area contributed by atoms with Crippen LogP contribution in [0.25, 0.3) is 11.0 Å². The molecule has 4 aromatic heterocycles. The number of carbonyl (C=O) groups excluding carboxylic acids is 1. The zero-order valence-corrected chi connectivity index (χ0v) is 29.9. The monoisotopic (exact) mass is 764 g/mol. The lowest BCUT2D eigenvalue weighted by atomic mass is 9.81. The molecule has 0 bridgehead atoms. The molecule has 2 saturated heterocycles. The van der Waals surface area contributed by atoms with Gasteiger partial charge in [-0.2, -0.15) is 20.7 Å². The number of hydrogen-bond donors (Lipinski definition) is 5. The van der Waals surface area contributed by atoms with Crippen molar-refractivity contribution in [2.24, 2.45) is 0 Å². The third-order valence-electron chi connectivity index (χ3n) is 9.57. The molecule has 2 fully saturated rings. The van der Waals surface area contributed by atoms with Gasteiger partial charge in [-0.3, -0.25) is 0 Å². The van der Waals surface area contributed by atoms with Crippen LogP contribution in [0.1, 0.15) is 35.6 Å². The van der Waals surface area contributed by atoms with Crippen molar-refractivity contribution >= 4 is 28.6 Å². The van der Waals surface area contributed by atoms with Crippen molar-refractivity contribution in [2.75, 3.05) is 38.9 Å². The Bertz CT molecular complexity index is 2240. The van der Waals surface area contributed by atoms with Crippen molar-refractivity contribution in [1.82, 2.24) is 29.2 Å². The lowest BCUT2D eigenvalue weighted by Gasteiger charge is -2.32. The van der Waals surface area contributed by atoms with Gasteiger partial charge in [0.1, 0.15) is 54.1 Å². The van der Waals surface area contributed by atoms with E-state index in [0.717, 1.165) is 14.0 Å². The molecule has 7 N–H and O–H groups in total. The van der Waals surface area contributed by atoms with Gasteiger partial charge in [0, 0.05) is 14.2 Å². The molecule has 290 valence electrons. The summed E-state index contributed by atoms with van der Waals surface area (Å²) in [4.78, 5) is 20.4. The molecule has 2 aliphatic rings. The summed E-state index contributed by atoms with van der Waals surface area (Å²) in [6, 6.07) is 17.9. The summed E-state index contributed by atoms with van der Waals surface area (Å²) in [7, 11) is 2.40. The maximum Gasteiger partial charge on any atom is 0.338 e. The third kappa shape index (κ3) is 6.34. The number of anilines is 2. The molecule has 0 aliphatic carbocycles. The minimum absolute atomic E-state index is 0.0686. The maximum atomic E-state index is 16.5. The van der Waals surface area contributed by atoms with Gasteiger partial charge in [0.25, 0.3) is 0 Å². The molecule has 6 heterocycles. The van der Waals surface area contributed by atoms with Crippen LogP contribution in [0.5, 0.6) is 0 Å². The van der Waals surface area contributed by atoms with E-state index in [4.69, 9.17) is 35.5 Å². The van der Waals surface area contributed by atoms with Crippen molar-refractivity contribution in [1.29, 1.82) is 10.5 Å². The number of nitrogens with two attached hydrogens (primary N) is 2. The smallest absolute Gasteiger partial charge is 0.338 e. The van der Waals surface area contributed by atoms with E-state index in [-0.39, 0.29) is 35.2 Å². The third-order valence-corrected chi connectivity index (χ3v) is 9.57. The van der Waals surface area contributed by atoms with Gasteiger partial charge >= 0.3 is 5.97 Å². The van der Waals surface area contributed by atoms with Gasteiger partial charge in [0.2, 0.25) is 11.2 Å². The molecule has 1 unspecified atom stereocenters. The molecule has 2 aliphatic heterocycles. The van der Waals surface area contributed by atoms with Crippen molar-refractivity contribution in [3.8, 4) is 12.1 Å². The number of nitriles is 2. The van der Waals surface area contributed by atoms with E-state index >= 15 is 8.78 Å². The summed E-state index contributed by atoms with van der Waals surface area (Å²) in [5, 5.41) is 54.0. The number of benzene rings is 1. The van der Waals surface area contributed by atoms with Gasteiger partial charge in [-0.1, -0.05) is 18.2 Å². The standard InChI is InChI=1S/C21H20FN5O4.C13H14FN5O3.CH4O/c1-20(22)17(30-19(28)13-6-4-3-5-7-13)15(10-29-2)31-21(20,11-23)16-9-8-14-18(24)25-12-26-27(14)16;1-12(14)10(21)8(4-20)22-13(12,5-15)9-3-2-7-11(16)17-6-18-19(7)9;1-2/h3-9,12,15,17H,10H2,1-2H3,(H2,24,25,26);2-3,6,8,10,20-21H,4H2,1H3,(H2,16,17,18);2H,1H3/t15-,17-,20-,21?;8-,10-,12-,13+;/m11./s1. The Morgan fingerprint density at radius 2 is 1.36 bits per heavy atom. The van der Waals surface area contributed by atoms with E-state index in [1.807, 2.05) is 6.07 Å². The second-order valence-electron chi connectivity index (χ2n) is 12.6. The van der Waals surface area contributed by atoms with Crippen LogP contribution in [0.2, 0.25) is 0 Å². The number of hydrogen-bond acceptors (Lipinski definition) is 16. The highest BCUT2D eigenvalue weighted by Crippen LogP contribution is 2.51. The summed E-state index contributed by atoms with van der Waals surface area (Å²) in [6.45, 7) is 1.50. The number of esters is 1. The summed E-state index contributed by atoms with van der Waals surface area (Å²) in [5.74, 6) is -0.417. The van der Waals surface area contributed by atoms with Gasteiger partial charge in [-0.05, 0) is 50.2 Å². The molecular weight excluding hydrogens is 726 g/mol. The van der Waals surface area contributed by atoms with Crippen molar-refractivity contribution in [2.45, 2.75) is 60.8 Å². The Morgan fingerprint density at radius 1 is 0.873 bits per heavy atom. The Balaban J connectivity index is 0.000000213. The molecule has 0 spiro atoms. The molecule has 18 nitrogen and oxygen atoms in total. The van der Waals surface area contributed by atoms with Crippen LogP contribution in [0.4, 0.5) is 20.4 Å². The highest BCUT2D eigenvalue weighted by atomic mass is 19.1. The van der Waals surface area contributed by atoms with Gasteiger partial charge in [-0.25, -0.2) is 32.6 Å². The first-order valence-corrected chi connectivity index (χ1v) is 16.5. The van der Waals surface area contributed by atoms with E-state index in [2.05, 4.69) is 20.2 Å². The minimum atomic E-state index is -2.46. The number of halogens is 2. The Kier molecular flexibility index (Phi) is 11.3. The SMILES string of the molecule is CO.COC[C@H]1OC(C#N)(c2ccc3c(N)ncnn23)[C@](C)(F)[C@@H]1OC(=O)c1ccccc1.C[C@@]1(F)[C@H](O)[C@@H](CO)O[C@@]1(C#N)c1ccc2c(N)ncnn12. The number of rotatable bonds is 7. The second-order valence-corrected chi connectivity index (χ2v) is 12.6. The molecule has 5 aromatic rings. The Morgan fingerprint density at radius 3 is 1.82 bits per heavy atom. The molecule has 55 heavy (non-hydrogen) atoms. The van der Waals surface area contributed by atoms with Crippen LogP contribution in [0.15, 0.2) is 67.3 Å². The maximum absolute atomic E-state index is 16.5. The van der Waals surface area contributed by atoms with Gasteiger partial charge in [0.15, 0.2) is 29.1 Å². The summed E-state index contributed by atoms with van der Waals surface area (Å²) in [5.41, 5.74) is 3.59. The number of carbonyl (C=O) groups is 1. The first-order valence-electron chi connectivity index (χ1n) is 16.5. The van der Waals surface area contributed by atoms with Crippen LogP contribution in [0.3, 0.4) is 0 Å². The van der Waals surface area contributed by atoms with E-state index in [0.29, 0.717) is 11.0 Å². The number of methoxy groups -OCH3 is 1. The summed E-state index contributed by atoms with van der Waals surface area (Å²) in [6.07, 6.45) is -3.00. The fourth-order valence-electron chi connectivity index (χ4n) is 6.73. The van der Waals surface area contributed by atoms with Crippen molar-refractivity contribution in [3.05, 3.63) is 84.2 Å². The highest BCUT2D eigenvalue weighted by Gasteiger charge is 2.69. The number of alkyl halides is 2. The van der Waals surface area contributed by atoms with Gasteiger partial charge < -0.3 is 45.7 Å². The van der Waals surface area contributed by atoms with Crippen LogP contribution >= 0.6 is 0 Å². The number of aliphatic hydroxyl groups excluding tert-OH is 3. The minimum Gasteiger partial charge on any atom is -0.452 e. The quantitative estimate of drug-likeness (QED) is 0.145. The predicted octanol–water partition coefficient (Wildman–Crippen LogP) is 1.15. The van der Waals surface area contributed by atoms with E-state index in [1.165, 1.54) is 53.9 Å². The average Bonchev–Trinajstić information content (AvgIpc) is 3.92. The van der Waals surface area contributed by atoms with Gasteiger partial charge in [0.05, 0.1) is 30.2 Å². The number of nitrogens with zero attached hydrogens (tertiary/aromatic N) is 8. The molecule has 0 saturated carbocycles. The van der Waals surface area contributed by atoms with E-state index in [9.17, 15) is 25.5 Å². The molecule has 0 radical (unpaired) electrons. The number of ether oxygens (including phenoxy) is 4. The number of aliphatic hydroxyl groups is 3. The van der Waals surface area contributed by atoms with Crippen LogP contribution in [-0.4, -0.2) is 114 Å². The molecule has 7 rings (SSSR count). The van der Waals surface area contributed by atoms with Crippen molar-refractivity contribution in [3.63, 3.8) is 0 Å². The molecule has 8 atom stereocenters. The van der Waals surface area contributed by atoms with Crippen LogP contribution in [0, 0.1) is 22.7 Å². The highest BCUT2D eigenvalue weighted by molar-refractivity contribution is 5.89. The fourth-order valence-corrected chi connectivity index (χ4v) is 6.73. The van der Waals surface area contributed by atoms with E-state index in [1.54, 1.807) is 42.5 Å². The van der Waals surface area contributed by atoms with Crippen molar-refractivity contribution < 1.29 is 47.8 Å². The predicted molar refractivity (Wildman–Crippen MR) is 187 cm³/mol. The van der Waals surface area contributed by atoms with E-state index < -0.39 is 59.5 Å². The fraction of sp³-hybridized carbons (Fsp3) is 0.400. The molecule has 0 amide bonds. The Labute approximate surface area is 312 Å². The normalized spacial score (nSPS) is 29.7. The van der Waals surface area contributed by atoms with Crippen LogP contribution in [-0.2, 0) is 30.1 Å². The largest absolute Gasteiger partial charge is 0.452 e. The molecule has 20 heteroatoms. The first-order chi connectivity index (χ1) is 26.2.